The highest BCUT2D eigenvalue weighted by atomic mass is 35.5. The van der Waals surface area contributed by atoms with Gasteiger partial charge >= 0.3 is 0 Å². The lowest BCUT2D eigenvalue weighted by molar-refractivity contribution is 0.102. The van der Waals surface area contributed by atoms with Crippen LogP contribution in [0.4, 0.5) is 5.88 Å². The molecule has 9 heteroatoms. The molecule has 0 spiro atoms. The predicted octanol–water partition coefficient (Wildman–Crippen LogP) is 5.26. The van der Waals surface area contributed by atoms with E-state index in [9.17, 15) is 13.2 Å². The zero-order chi connectivity index (χ0) is 20.9. The number of carbonyl (C=O) groups excluding carboxylic acids is 1. The van der Waals surface area contributed by atoms with Gasteiger partial charge in [-0.15, -0.1) is 11.3 Å². The summed E-state index contributed by atoms with van der Waals surface area (Å²) >= 11 is 7.26. The smallest absolute Gasteiger partial charge is 0.268 e. The SMILES string of the molecule is O=C(Nc1cc(-c2cccc(Cl)c2)no1)c1cc2c(s1)-c1ccccc1S(=O)(=O)C2. The summed E-state index contributed by atoms with van der Waals surface area (Å²) < 4.78 is 30.3. The van der Waals surface area contributed by atoms with Gasteiger partial charge in [-0.05, 0) is 29.8 Å². The molecule has 0 radical (unpaired) electrons. The third-order valence-electron chi connectivity index (χ3n) is 4.71. The molecule has 0 bridgehead atoms. The van der Waals surface area contributed by atoms with Crippen molar-refractivity contribution in [2.24, 2.45) is 0 Å². The van der Waals surface area contributed by atoms with E-state index in [4.69, 9.17) is 16.1 Å². The first-order valence-corrected chi connectivity index (χ1v) is 11.7. The largest absolute Gasteiger partial charge is 0.338 e. The highest BCUT2D eigenvalue weighted by Gasteiger charge is 2.30. The van der Waals surface area contributed by atoms with Crippen LogP contribution in [-0.2, 0) is 15.6 Å². The molecule has 4 aromatic rings. The van der Waals surface area contributed by atoms with Gasteiger partial charge in [-0.25, -0.2) is 8.42 Å². The number of rotatable bonds is 3. The van der Waals surface area contributed by atoms with E-state index in [2.05, 4.69) is 10.5 Å². The van der Waals surface area contributed by atoms with E-state index in [1.165, 1.54) is 11.3 Å². The summed E-state index contributed by atoms with van der Waals surface area (Å²) in [5.41, 5.74) is 2.56. The quantitative estimate of drug-likeness (QED) is 0.454. The first-order chi connectivity index (χ1) is 14.4. The zero-order valence-electron chi connectivity index (χ0n) is 15.3. The molecule has 1 N–H and O–H groups in total. The van der Waals surface area contributed by atoms with E-state index in [1.54, 1.807) is 54.6 Å². The maximum absolute atomic E-state index is 12.7. The fourth-order valence-corrected chi connectivity index (χ4v) is 6.42. The van der Waals surface area contributed by atoms with Crippen LogP contribution >= 0.6 is 22.9 Å². The molecule has 0 atom stereocenters. The van der Waals surface area contributed by atoms with Gasteiger partial charge in [0.05, 0.1) is 15.5 Å². The molecule has 0 aliphatic carbocycles. The summed E-state index contributed by atoms with van der Waals surface area (Å²) in [5.74, 6) is -0.322. The maximum atomic E-state index is 12.7. The number of fused-ring (bicyclic) bond motifs is 3. The van der Waals surface area contributed by atoms with E-state index in [1.807, 2.05) is 6.07 Å². The van der Waals surface area contributed by atoms with Gasteiger partial charge in [-0.1, -0.05) is 47.1 Å². The number of amides is 1. The lowest BCUT2D eigenvalue weighted by Crippen LogP contribution is -2.11. The van der Waals surface area contributed by atoms with Gasteiger partial charge in [0.15, 0.2) is 9.84 Å². The van der Waals surface area contributed by atoms with Crippen LogP contribution in [0.5, 0.6) is 0 Å². The Hall–Kier alpha value is -2.94. The molecule has 30 heavy (non-hydrogen) atoms. The highest BCUT2D eigenvalue weighted by Crippen LogP contribution is 2.42. The Balaban J connectivity index is 1.43. The highest BCUT2D eigenvalue weighted by molar-refractivity contribution is 7.91. The van der Waals surface area contributed by atoms with Crippen LogP contribution in [0.2, 0.25) is 5.02 Å². The molecule has 0 saturated heterocycles. The van der Waals surface area contributed by atoms with Gasteiger partial charge in [-0.3, -0.25) is 10.1 Å². The summed E-state index contributed by atoms with van der Waals surface area (Å²) in [7, 11) is -3.42. The van der Waals surface area contributed by atoms with Gasteiger partial charge in [0.2, 0.25) is 5.88 Å². The van der Waals surface area contributed by atoms with Crippen molar-refractivity contribution < 1.29 is 17.7 Å². The number of aromatic nitrogens is 1. The topological polar surface area (TPSA) is 89.3 Å². The maximum Gasteiger partial charge on any atom is 0.268 e. The standard InChI is InChI=1S/C21H13ClN2O4S2/c22-14-5-3-4-12(8-14)16-10-19(28-24-16)23-21(25)17-9-13-11-30(26,27)18-7-2-1-6-15(18)20(13)29-17/h1-10H,11H2,(H,23,25). The minimum absolute atomic E-state index is 0.121. The van der Waals surface area contributed by atoms with E-state index < -0.39 is 15.7 Å². The number of nitrogens with zero attached hydrogens (tertiary/aromatic N) is 1. The number of benzene rings is 2. The fourth-order valence-electron chi connectivity index (χ4n) is 3.38. The molecule has 0 fully saturated rings. The first kappa shape index (κ1) is 19.0. The molecule has 0 saturated carbocycles. The second-order valence-corrected chi connectivity index (χ2v) is 10.2. The lowest BCUT2D eigenvalue weighted by atomic mass is 10.1. The molecule has 5 rings (SSSR count). The van der Waals surface area contributed by atoms with Crippen LogP contribution in [-0.4, -0.2) is 19.5 Å². The Labute approximate surface area is 181 Å². The Morgan fingerprint density at radius 2 is 1.93 bits per heavy atom. The molecule has 1 amide bonds. The molecule has 0 unspecified atom stereocenters. The van der Waals surface area contributed by atoms with Crippen LogP contribution in [0.15, 0.2) is 70.1 Å². The van der Waals surface area contributed by atoms with E-state index in [0.717, 1.165) is 10.4 Å². The summed E-state index contributed by atoms with van der Waals surface area (Å²) in [6.45, 7) is 0. The number of sulfone groups is 1. The molecule has 1 aliphatic heterocycles. The Morgan fingerprint density at radius 3 is 2.77 bits per heavy atom. The van der Waals surface area contributed by atoms with Gasteiger partial charge in [0.1, 0.15) is 5.69 Å². The Morgan fingerprint density at radius 1 is 1.10 bits per heavy atom. The van der Waals surface area contributed by atoms with Crippen molar-refractivity contribution >= 4 is 44.6 Å². The van der Waals surface area contributed by atoms with E-state index in [0.29, 0.717) is 31.6 Å². The molecular formula is C21H13ClN2O4S2. The van der Waals surface area contributed by atoms with Gasteiger partial charge < -0.3 is 4.52 Å². The van der Waals surface area contributed by atoms with Crippen LogP contribution < -0.4 is 5.32 Å². The van der Waals surface area contributed by atoms with Crippen LogP contribution in [0, 0.1) is 0 Å². The lowest BCUT2D eigenvalue weighted by Gasteiger charge is -2.15. The van der Waals surface area contributed by atoms with Gasteiger partial charge in [0, 0.05) is 27.1 Å². The van der Waals surface area contributed by atoms with Gasteiger partial charge in [-0.2, -0.15) is 0 Å². The number of hydrogen-bond donors (Lipinski definition) is 1. The third-order valence-corrected chi connectivity index (χ3v) is 7.87. The summed E-state index contributed by atoms with van der Waals surface area (Å²) in [6, 6.07) is 17.2. The second kappa shape index (κ2) is 7.09. The Bertz CT molecular complexity index is 1410. The molecular weight excluding hydrogens is 444 g/mol. The van der Waals surface area contributed by atoms with E-state index in [-0.39, 0.29) is 11.6 Å². The van der Waals surface area contributed by atoms with Crippen LogP contribution in [0.3, 0.4) is 0 Å². The van der Waals surface area contributed by atoms with Crippen LogP contribution in [0.1, 0.15) is 15.2 Å². The average Bonchev–Trinajstić information content (AvgIpc) is 3.35. The molecule has 2 aromatic carbocycles. The average molecular weight is 457 g/mol. The number of halogens is 1. The summed E-state index contributed by atoms with van der Waals surface area (Å²) in [5, 5.41) is 7.21. The number of carbonyl (C=O) groups is 1. The van der Waals surface area contributed by atoms with Crippen molar-refractivity contribution in [3.8, 4) is 21.7 Å². The molecule has 150 valence electrons. The predicted molar refractivity (Wildman–Crippen MR) is 116 cm³/mol. The fraction of sp³-hybridized carbons (Fsp3) is 0.0476. The van der Waals surface area contributed by atoms with Crippen LogP contribution in [0.25, 0.3) is 21.7 Å². The van der Waals surface area contributed by atoms with Crippen molar-refractivity contribution in [2.75, 3.05) is 5.32 Å². The summed E-state index contributed by atoms with van der Waals surface area (Å²) in [4.78, 5) is 14.2. The van der Waals surface area contributed by atoms with E-state index >= 15 is 0 Å². The van der Waals surface area contributed by atoms with Crippen molar-refractivity contribution in [1.82, 2.24) is 5.16 Å². The normalized spacial score (nSPS) is 14.0. The molecule has 2 aromatic heterocycles. The van der Waals surface area contributed by atoms with Gasteiger partial charge in [0.25, 0.3) is 5.91 Å². The zero-order valence-corrected chi connectivity index (χ0v) is 17.6. The molecule has 3 heterocycles. The minimum atomic E-state index is -3.42. The first-order valence-electron chi connectivity index (χ1n) is 8.89. The number of thiophene rings is 1. The van der Waals surface area contributed by atoms with Crippen molar-refractivity contribution in [1.29, 1.82) is 0 Å². The minimum Gasteiger partial charge on any atom is -0.338 e. The monoisotopic (exact) mass is 456 g/mol. The summed E-state index contributed by atoms with van der Waals surface area (Å²) in [6.07, 6.45) is 0. The molecule has 6 nitrogen and oxygen atoms in total. The Kier molecular flexibility index (Phi) is 4.50. The number of hydrogen-bond acceptors (Lipinski definition) is 6. The number of anilines is 1. The second-order valence-electron chi connectivity index (χ2n) is 6.76. The third kappa shape index (κ3) is 3.32. The van der Waals surface area contributed by atoms with Crippen molar-refractivity contribution in [3.05, 3.63) is 76.1 Å². The number of nitrogens with one attached hydrogen (secondary N) is 1. The molecule has 1 aliphatic rings. The van der Waals surface area contributed by atoms with Crippen molar-refractivity contribution in [2.45, 2.75) is 10.6 Å². The van der Waals surface area contributed by atoms with Crippen molar-refractivity contribution in [3.63, 3.8) is 0 Å².